The third-order valence-electron chi connectivity index (χ3n) is 5.31. The Hall–Kier alpha value is -3.47. The summed E-state index contributed by atoms with van der Waals surface area (Å²) in [6.45, 7) is 5.14. The summed E-state index contributed by atoms with van der Waals surface area (Å²) in [4.78, 5) is 39.7. The molecule has 3 aromatic rings. The van der Waals surface area contributed by atoms with Gasteiger partial charge in [0.15, 0.2) is 0 Å². The van der Waals surface area contributed by atoms with Crippen molar-refractivity contribution in [1.29, 1.82) is 0 Å². The van der Waals surface area contributed by atoms with Crippen LogP contribution < -0.4 is 0 Å². The molecule has 5 heteroatoms. The minimum atomic E-state index is -1.26. The normalized spacial score (nSPS) is 14.9. The Labute approximate surface area is 168 Å². The van der Waals surface area contributed by atoms with Gasteiger partial charge in [-0.2, -0.15) is 0 Å². The van der Waals surface area contributed by atoms with E-state index in [1.165, 1.54) is 0 Å². The van der Waals surface area contributed by atoms with E-state index in [1.807, 2.05) is 54.6 Å². The molecule has 1 aliphatic rings. The highest BCUT2D eigenvalue weighted by molar-refractivity contribution is 6.28. The summed E-state index contributed by atoms with van der Waals surface area (Å²) < 4.78 is 0. The van der Waals surface area contributed by atoms with Crippen molar-refractivity contribution < 1.29 is 19.5 Å². The first-order valence-electron chi connectivity index (χ1n) is 9.43. The summed E-state index contributed by atoms with van der Waals surface area (Å²) in [6.07, 6.45) is 0. The predicted molar refractivity (Wildman–Crippen MR) is 111 cm³/mol. The number of aliphatic carboxylic acids is 1. The van der Waals surface area contributed by atoms with Crippen LogP contribution in [-0.2, 0) is 4.79 Å². The smallest absolute Gasteiger partial charge is 0.327 e. The average Bonchev–Trinajstić information content (AvgIpc) is 2.90. The Kier molecular flexibility index (Phi) is 4.26. The molecule has 0 aromatic heterocycles. The van der Waals surface area contributed by atoms with Crippen molar-refractivity contribution in [3.05, 3.63) is 71.8 Å². The number of hydrogen-bond acceptors (Lipinski definition) is 3. The summed E-state index contributed by atoms with van der Waals surface area (Å²) in [5.41, 5.74) is 1.19. The molecule has 1 atom stereocenters. The first kappa shape index (κ1) is 18.9. The Balaban J connectivity index is 2.03. The zero-order valence-electron chi connectivity index (χ0n) is 16.5. The number of fused-ring (bicyclic) bond motifs is 2. The highest BCUT2D eigenvalue weighted by atomic mass is 16.4. The van der Waals surface area contributed by atoms with Crippen LogP contribution in [-0.4, -0.2) is 33.8 Å². The van der Waals surface area contributed by atoms with Gasteiger partial charge in [0.1, 0.15) is 6.04 Å². The number of imide groups is 1. The van der Waals surface area contributed by atoms with Gasteiger partial charge in [0.2, 0.25) is 0 Å². The van der Waals surface area contributed by atoms with Crippen LogP contribution >= 0.6 is 0 Å². The molecule has 0 bridgehead atoms. The minimum Gasteiger partial charge on any atom is -0.480 e. The van der Waals surface area contributed by atoms with E-state index in [0.717, 1.165) is 21.2 Å². The van der Waals surface area contributed by atoms with Crippen molar-refractivity contribution in [3.63, 3.8) is 0 Å². The van der Waals surface area contributed by atoms with Gasteiger partial charge in [-0.15, -0.1) is 0 Å². The summed E-state index contributed by atoms with van der Waals surface area (Å²) in [5.74, 6) is -2.31. The maximum atomic E-state index is 13.5. The lowest BCUT2D eigenvalue weighted by molar-refractivity contribution is -0.145. The fourth-order valence-corrected chi connectivity index (χ4v) is 4.09. The summed E-state index contributed by atoms with van der Waals surface area (Å²) in [5, 5.41) is 11.5. The number of hydrogen-bond donors (Lipinski definition) is 1. The average molecular weight is 387 g/mol. The van der Waals surface area contributed by atoms with Crippen LogP contribution in [0.2, 0.25) is 0 Å². The van der Waals surface area contributed by atoms with Crippen molar-refractivity contribution >= 4 is 28.6 Å². The van der Waals surface area contributed by atoms with Gasteiger partial charge in [-0.3, -0.25) is 14.5 Å². The standard InChI is InChI=1S/C24H21NO4/c1-24(2,3)20(23(28)29)25-21(26)17-13-15-11-7-8-12-16(15)18(19(17)22(25)27)14-9-5-4-6-10-14/h4-13,20H,1-3H3,(H,28,29)/t20-/m1/s1. The molecule has 4 rings (SSSR count). The van der Waals surface area contributed by atoms with Crippen LogP contribution in [0.5, 0.6) is 0 Å². The van der Waals surface area contributed by atoms with Crippen LogP contribution in [0.3, 0.4) is 0 Å². The first-order chi connectivity index (χ1) is 13.7. The van der Waals surface area contributed by atoms with Crippen LogP contribution in [0.4, 0.5) is 0 Å². The number of amides is 2. The molecular weight excluding hydrogens is 366 g/mol. The molecule has 0 unspecified atom stereocenters. The third kappa shape index (κ3) is 2.90. The molecule has 2 amide bonds. The zero-order chi connectivity index (χ0) is 20.9. The monoisotopic (exact) mass is 387 g/mol. The van der Waals surface area contributed by atoms with Crippen molar-refractivity contribution in [2.75, 3.05) is 0 Å². The first-order valence-corrected chi connectivity index (χ1v) is 9.43. The molecule has 0 saturated carbocycles. The van der Waals surface area contributed by atoms with Gasteiger partial charge < -0.3 is 5.11 Å². The topological polar surface area (TPSA) is 74.7 Å². The molecule has 29 heavy (non-hydrogen) atoms. The molecule has 0 fully saturated rings. The molecule has 5 nitrogen and oxygen atoms in total. The Morgan fingerprint density at radius 1 is 0.897 bits per heavy atom. The number of carboxylic acid groups (broad SMARTS) is 1. The highest BCUT2D eigenvalue weighted by Gasteiger charge is 2.49. The molecule has 1 heterocycles. The van der Waals surface area contributed by atoms with E-state index >= 15 is 0 Å². The molecular formula is C24H21NO4. The number of carbonyl (C=O) groups excluding carboxylic acids is 2. The van der Waals surface area contributed by atoms with E-state index in [9.17, 15) is 19.5 Å². The molecule has 1 N–H and O–H groups in total. The third-order valence-corrected chi connectivity index (χ3v) is 5.31. The summed E-state index contributed by atoms with van der Waals surface area (Å²) >= 11 is 0. The quantitative estimate of drug-likeness (QED) is 0.667. The van der Waals surface area contributed by atoms with Gasteiger partial charge in [-0.25, -0.2) is 4.79 Å². The largest absolute Gasteiger partial charge is 0.480 e. The van der Waals surface area contributed by atoms with E-state index in [2.05, 4.69) is 0 Å². The number of rotatable bonds is 3. The fraction of sp³-hybridized carbons (Fsp3) is 0.208. The van der Waals surface area contributed by atoms with E-state index in [-0.39, 0.29) is 11.1 Å². The number of carboxylic acids is 1. The maximum Gasteiger partial charge on any atom is 0.327 e. The second kappa shape index (κ2) is 6.55. The van der Waals surface area contributed by atoms with Gasteiger partial charge in [0.05, 0.1) is 11.1 Å². The van der Waals surface area contributed by atoms with E-state index < -0.39 is 29.2 Å². The van der Waals surface area contributed by atoms with Gasteiger partial charge in [-0.1, -0.05) is 75.4 Å². The van der Waals surface area contributed by atoms with Crippen LogP contribution in [0, 0.1) is 5.41 Å². The van der Waals surface area contributed by atoms with Gasteiger partial charge in [-0.05, 0) is 27.8 Å². The lowest BCUT2D eigenvalue weighted by atomic mass is 9.85. The number of benzene rings is 3. The second-order valence-electron chi connectivity index (χ2n) is 8.35. The molecule has 0 radical (unpaired) electrons. The number of carbonyl (C=O) groups is 3. The molecule has 0 saturated heterocycles. The Morgan fingerprint density at radius 2 is 1.52 bits per heavy atom. The SMILES string of the molecule is CC(C)(C)[C@@H](C(=O)O)N1C(=O)c2cc3ccccc3c(-c3ccccc3)c2C1=O. The van der Waals surface area contributed by atoms with Crippen molar-refractivity contribution in [2.24, 2.45) is 5.41 Å². The molecule has 146 valence electrons. The van der Waals surface area contributed by atoms with Crippen LogP contribution in [0.1, 0.15) is 41.5 Å². The van der Waals surface area contributed by atoms with Crippen molar-refractivity contribution in [2.45, 2.75) is 26.8 Å². The lowest BCUT2D eigenvalue weighted by Gasteiger charge is -2.33. The van der Waals surface area contributed by atoms with Crippen molar-refractivity contribution in [3.8, 4) is 11.1 Å². The van der Waals surface area contributed by atoms with E-state index in [4.69, 9.17) is 0 Å². The van der Waals surface area contributed by atoms with E-state index in [0.29, 0.717) is 5.56 Å². The molecule has 0 spiro atoms. The minimum absolute atomic E-state index is 0.253. The molecule has 1 aliphatic heterocycles. The fourth-order valence-electron chi connectivity index (χ4n) is 4.09. The number of nitrogens with zero attached hydrogens (tertiary/aromatic N) is 1. The highest BCUT2D eigenvalue weighted by Crippen LogP contribution is 2.41. The second-order valence-corrected chi connectivity index (χ2v) is 8.35. The Bertz CT molecular complexity index is 1160. The van der Waals surface area contributed by atoms with Crippen molar-refractivity contribution in [1.82, 2.24) is 4.90 Å². The van der Waals surface area contributed by atoms with Crippen LogP contribution in [0.15, 0.2) is 60.7 Å². The van der Waals surface area contributed by atoms with E-state index in [1.54, 1.807) is 26.8 Å². The van der Waals surface area contributed by atoms with Gasteiger partial charge >= 0.3 is 5.97 Å². The molecule has 0 aliphatic carbocycles. The van der Waals surface area contributed by atoms with Gasteiger partial charge in [0, 0.05) is 5.56 Å². The Morgan fingerprint density at radius 3 is 2.14 bits per heavy atom. The predicted octanol–water partition coefficient (Wildman–Crippen LogP) is 4.60. The summed E-state index contributed by atoms with van der Waals surface area (Å²) in [6, 6.07) is 17.4. The zero-order valence-corrected chi connectivity index (χ0v) is 16.5. The maximum absolute atomic E-state index is 13.5. The summed E-state index contributed by atoms with van der Waals surface area (Å²) in [7, 11) is 0. The van der Waals surface area contributed by atoms with Crippen LogP contribution in [0.25, 0.3) is 21.9 Å². The lowest BCUT2D eigenvalue weighted by Crippen LogP contribution is -2.52. The van der Waals surface area contributed by atoms with Gasteiger partial charge in [0.25, 0.3) is 11.8 Å². The molecule has 3 aromatic carbocycles.